The number of likely N-dealkylation sites (tertiary alicyclic amines) is 1. The molecule has 16 heavy (non-hydrogen) atoms. The van der Waals surface area contributed by atoms with Gasteiger partial charge in [0.1, 0.15) is 0 Å². The number of piperidine rings is 1. The fraction of sp³-hybridized carbons (Fsp3) is 0.857. The maximum absolute atomic E-state index is 6.37. The van der Waals surface area contributed by atoms with Gasteiger partial charge in [-0.2, -0.15) is 0 Å². The van der Waals surface area contributed by atoms with Crippen molar-refractivity contribution in [1.82, 2.24) is 4.90 Å². The Balaban J connectivity index is 2.10. The molecule has 1 unspecified atom stereocenters. The van der Waals surface area contributed by atoms with E-state index in [0.717, 1.165) is 0 Å². The Bertz CT molecular complexity index is 272. The van der Waals surface area contributed by atoms with Crippen molar-refractivity contribution in [3.8, 4) is 0 Å². The topological polar surface area (TPSA) is 29.3 Å². The quantitative estimate of drug-likeness (QED) is 0.691. The molecule has 2 rings (SSSR count). The van der Waals surface area contributed by atoms with E-state index >= 15 is 0 Å². The minimum Gasteiger partial charge on any atom is -0.327 e. The average molecular weight is 222 g/mol. The van der Waals surface area contributed by atoms with Crippen LogP contribution in [0.2, 0.25) is 0 Å². The first-order valence-electron chi connectivity index (χ1n) is 6.75. The van der Waals surface area contributed by atoms with E-state index in [1.807, 2.05) is 0 Å². The summed E-state index contributed by atoms with van der Waals surface area (Å²) in [5.41, 5.74) is 8.38. The summed E-state index contributed by atoms with van der Waals surface area (Å²) in [6, 6.07) is 1.09. The average Bonchev–Trinajstić information content (AvgIpc) is 2.57. The van der Waals surface area contributed by atoms with E-state index in [1.165, 1.54) is 38.8 Å². The number of hydrogen-bond acceptors (Lipinski definition) is 2. The van der Waals surface area contributed by atoms with Crippen molar-refractivity contribution in [2.45, 2.75) is 58.5 Å². The summed E-state index contributed by atoms with van der Waals surface area (Å²) in [6.45, 7) is 9.22. The van der Waals surface area contributed by atoms with Crippen LogP contribution in [-0.4, -0.2) is 30.1 Å². The lowest BCUT2D eigenvalue weighted by Crippen LogP contribution is -2.49. The molecule has 0 amide bonds. The highest BCUT2D eigenvalue weighted by atomic mass is 15.2. The molecule has 1 heterocycles. The molecule has 1 spiro atoms. The molecule has 2 aliphatic rings. The third-order valence-electron chi connectivity index (χ3n) is 4.84. The van der Waals surface area contributed by atoms with Crippen LogP contribution in [0, 0.1) is 5.41 Å². The normalized spacial score (nSPS) is 33.1. The van der Waals surface area contributed by atoms with Gasteiger partial charge in [-0.3, -0.25) is 0 Å². The van der Waals surface area contributed by atoms with Crippen LogP contribution in [0.5, 0.6) is 0 Å². The lowest BCUT2D eigenvalue weighted by Gasteiger charge is -2.44. The van der Waals surface area contributed by atoms with Crippen molar-refractivity contribution in [1.29, 1.82) is 0 Å². The molecule has 0 aromatic heterocycles. The van der Waals surface area contributed by atoms with E-state index in [9.17, 15) is 0 Å². The maximum Gasteiger partial charge on any atom is 0.0137 e. The van der Waals surface area contributed by atoms with E-state index in [4.69, 9.17) is 5.73 Å². The van der Waals surface area contributed by atoms with Crippen LogP contribution < -0.4 is 5.73 Å². The Morgan fingerprint density at radius 1 is 1.38 bits per heavy atom. The number of nitrogens with two attached hydrogens (primary N) is 1. The third-order valence-corrected chi connectivity index (χ3v) is 4.84. The first-order chi connectivity index (χ1) is 7.60. The Kier molecular flexibility index (Phi) is 3.41. The molecule has 1 saturated carbocycles. The Labute approximate surface area is 99.9 Å². The first kappa shape index (κ1) is 12.1. The van der Waals surface area contributed by atoms with Crippen molar-refractivity contribution in [3.63, 3.8) is 0 Å². The molecular weight excluding hydrogens is 196 g/mol. The molecule has 1 saturated heterocycles. The van der Waals surface area contributed by atoms with Crippen LogP contribution in [-0.2, 0) is 0 Å². The first-order valence-corrected chi connectivity index (χ1v) is 6.75. The molecular formula is C14H26N2. The summed E-state index contributed by atoms with van der Waals surface area (Å²) in [6.07, 6.45) is 7.30. The molecule has 2 nitrogen and oxygen atoms in total. The standard InChI is InChI=1S/C14H26N2/c1-4-12-5-6-13(15)14(12)7-9-16(10-8-14)11(2)3/h4,11,13H,5-10,15H2,1-3H3/b12-4+. The number of hydrogen-bond donors (Lipinski definition) is 1. The van der Waals surface area contributed by atoms with Gasteiger partial charge in [0.2, 0.25) is 0 Å². The SMILES string of the molecule is C/C=C1\CCC(N)C12CCN(C(C)C)CC2. The summed E-state index contributed by atoms with van der Waals surface area (Å²) >= 11 is 0. The zero-order valence-electron chi connectivity index (χ0n) is 11.0. The van der Waals surface area contributed by atoms with Crippen LogP contribution in [0.1, 0.15) is 46.5 Å². The van der Waals surface area contributed by atoms with Gasteiger partial charge < -0.3 is 10.6 Å². The molecule has 1 aliphatic carbocycles. The lowest BCUT2D eigenvalue weighted by molar-refractivity contribution is 0.0988. The zero-order valence-corrected chi connectivity index (χ0v) is 11.0. The van der Waals surface area contributed by atoms with Gasteiger partial charge in [0.05, 0.1) is 0 Å². The molecule has 2 fully saturated rings. The predicted molar refractivity (Wildman–Crippen MR) is 69.3 cm³/mol. The van der Waals surface area contributed by atoms with Gasteiger partial charge in [0.25, 0.3) is 0 Å². The molecule has 2 heteroatoms. The molecule has 0 aromatic rings. The van der Waals surface area contributed by atoms with Gasteiger partial charge >= 0.3 is 0 Å². The van der Waals surface area contributed by atoms with Crippen LogP contribution >= 0.6 is 0 Å². The number of allylic oxidation sites excluding steroid dienone is 1. The monoisotopic (exact) mass is 222 g/mol. The van der Waals surface area contributed by atoms with Gasteiger partial charge in [0, 0.05) is 17.5 Å². The van der Waals surface area contributed by atoms with Crippen molar-refractivity contribution in [3.05, 3.63) is 11.6 Å². The number of nitrogens with zero attached hydrogens (tertiary/aromatic N) is 1. The summed E-state index contributed by atoms with van der Waals surface area (Å²) in [5.74, 6) is 0. The van der Waals surface area contributed by atoms with Crippen molar-refractivity contribution < 1.29 is 0 Å². The van der Waals surface area contributed by atoms with E-state index in [1.54, 1.807) is 5.57 Å². The van der Waals surface area contributed by atoms with Crippen molar-refractivity contribution in [2.75, 3.05) is 13.1 Å². The summed E-state index contributed by atoms with van der Waals surface area (Å²) < 4.78 is 0. The van der Waals surface area contributed by atoms with Gasteiger partial charge in [-0.25, -0.2) is 0 Å². The van der Waals surface area contributed by atoms with Crippen LogP contribution in [0.4, 0.5) is 0 Å². The molecule has 1 aliphatic heterocycles. The number of rotatable bonds is 1. The zero-order chi connectivity index (χ0) is 11.8. The second kappa shape index (κ2) is 4.50. The van der Waals surface area contributed by atoms with E-state index in [2.05, 4.69) is 31.7 Å². The van der Waals surface area contributed by atoms with Crippen LogP contribution in [0.25, 0.3) is 0 Å². The third kappa shape index (κ3) is 1.82. The largest absolute Gasteiger partial charge is 0.327 e. The van der Waals surface area contributed by atoms with Gasteiger partial charge in [-0.1, -0.05) is 11.6 Å². The second-order valence-electron chi connectivity index (χ2n) is 5.74. The smallest absolute Gasteiger partial charge is 0.0137 e. The molecule has 92 valence electrons. The Morgan fingerprint density at radius 3 is 2.50 bits per heavy atom. The molecule has 0 aromatic carbocycles. The highest BCUT2D eigenvalue weighted by Crippen LogP contribution is 2.49. The fourth-order valence-electron chi connectivity index (χ4n) is 3.64. The minimum absolute atomic E-state index is 0.361. The van der Waals surface area contributed by atoms with Gasteiger partial charge in [-0.15, -0.1) is 0 Å². The second-order valence-corrected chi connectivity index (χ2v) is 5.74. The Hall–Kier alpha value is -0.340. The maximum atomic E-state index is 6.37. The van der Waals surface area contributed by atoms with Gasteiger partial charge in [0.15, 0.2) is 0 Å². The summed E-state index contributed by atoms with van der Waals surface area (Å²) in [4.78, 5) is 2.59. The highest BCUT2D eigenvalue weighted by molar-refractivity contribution is 5.24. The van der Waals surface area contributed by atoms with Crippen molar-refractivity contribution in [2.24, 2.45) is 11.1 Å². The molecule has 1 atom stereocenters. The molecule has 0 bridgehead atoms. The highest BCUT2D eigenvalue weighted by Gasteiger charge is 2.46. The van der Waals surface area contributed by atoms with Crippen LogP contribution in [0.3, 0.4) is 0 Å². The fourth-order valence-corrected chi connectivity index (χ4v) is 3.64. The summed E-state index contributed by atoms with van der Waals surface area (Å²) in [7, 11) is 0. The predicted octanol–water partition coefficient (Wildman–Crippen LogP) is 2.54. The van der Waals surface area contributed by atoms with E-state index < -0.39 is 0 Å². The minimum atomic E-state index is 0.361. The molecule has 0 radical (unpaired) electrons. The van der Waals surface area contributed by atoms with Crippen LogP contribution in [0.15, 0.2) is 11.6 Å². The van der Waals surface area contributed by atoms with Crippen molar-refractivity contribution >= 4 is 0 Å². The summed E-state index contributed by atoms with van der Waals surface area (Å²) in [5, 5.41) is 0. The Morgan fingerprint density at radius 2 is 2.00 bits per heavy atom. The van der Waals surface area contributed by atoms with E-state index in [-0.39, 0.29) is 0 Å². The lowest BCUT2D eigenvalue weighted by atomic mass is 9.71. The molecule has 2 N–H and O–H groups in total. The van der Waals surface area contributed by atoms with Gasteiger partial charge in [-0.05, 0) is 59.5 Å². The van der Waals surface area contributed by atoms with E-state index in [0.29, 0.717) is 17.5 Å².